The van der Waals surface area contributed by atoms with Crippen LogP contribution in [-0.2, 0) is 6.42 Å². The molecular weight excluding hydrogens is 276 g/mol. The van der Waals surface area contributed by atoms with E-state index in [0.29, 0.717) is 11.3 Å². The van der Waals surface area contributed by atoms with Gasteiger partial charge in [-0.15, -0.1) is 0 Å². The van der Waals surface area contributed by atoms with Gasteiger partial charge in [0.2, 0.25) is 0 Å². The molecule has 3 nitrogen and oxygen atoms in total. The molecule has 21 heavy (non-hydrogen) atoms. The lowest BCUT2D eigenvalue weighted by Gasteiger charge is -2.07. The molecule has 2 aromatic carbocycles. The smallest absolute Gasteiger partial charge is 0.251 e. The van der Waals surface area contributed by atoms with Crippen molar-refractivity contribution in [1.82, 2.24) is 5.32 Å². The average molecular weight is 291 g/mol. The number of carbonyl (C=O) groups excluding carboxylic acids is 1. The minimum absolute atomic E-state index is 0.227. The van der Waals surface area contributed by atoms with Crippen LogP contribution in [-0.4, -0.2) is 19.6 Å². The van der Waals surface area contributed by atoms with E-state index < -0.39 is 11.6 Å². The van der Waals surface area contributed by atoms with E-state index in [2.05, 4.69) is 5.32 Å². The minimum Gasteiger partial charge on any atom is -0.497 e. The number of benzene rings is 2. The zero-order valence-corrected chi connectivity index (χ0v) is 11.5. The second-order valence-electron chi connectivity index (χ2n) is 4.47. The Morgan fingerprint density at radius 3 is 2.52 bits per heavy atom. The Kier molecular flexibility index (Phi) is 4.87. The van der Waals surface area contributed by atoms with Crippen molar-refractivity contribution < 1.29 is 18.3 Å². The number of hydrogen-bond acceptors (Lipinski definition) is 2. The van der Waals surface area contributed by atoms with Gasteiger partial charge in [0.15, 0.2) is 0 Å². The second-order valence-corrected chi connectivity index (χ2v) is 4.47. The Hall–Kier alpha value is -2.43. The van der Waals surface area contributed by atoms with Crippen LogP contribution in [0.25, 0.3) is 0 Å². The molecule has 110 valence electrons. The number of amides is 1. The lowest BCUT2D eigenvalue weighted by Crippen LogP contribution is -2.25. The van der Waals surface area contributed by atoms with Gasteiger partial charge in [-0.3, -0.25) is 4.79 Å². The molecule has 2 rings (SSSR count). The molecule has 0 fully saturated rings. The summed E-state index contributed by atoms with van der Waals surface area (Å²) in [6.07, 6.45) is 0.228. The maximum Gasteiger partial charge on any atom is 0.251 e. The molecule has 0 bridgehead atoms. The quantitative estimate of drug-likeness (QED) is 0.920. The van der Waals surface area contributed by atoms with E-state index >= 15 is 0 Å². The van der Waals surface area contributed by atoms with E-state index in [1.165, 1.54) is 0 Å². The summed E-state index contributed by atoms with van der Waals surface area (Å²) >= 11 is 0. The number of hydrogen-bond donors (Lipinski definition) is 1. The maximum absolute atomic E-state index is 13.4. The van der Waals surface area contributed by atoms with Crippen LogP contribution in [0.5, 0.6) is 5.75 Å². The van der Waals surface area contributed by atoms with Gasteiger partial charge in [0, 0.05) is 12.1 Å². The number of halogens is 2. The highest BCUT2D eigenvalue weighted by molar-refractivity contribution is 5.94. The first-order chi connectivity index (χ1) is 10.1. The van der Waals surface area contributed by atoms with Crippen LogP contribution in [0.3, 0.4) is 0 Å². The summed E-state index contributed by atoms with van der Waals surface area (Å²) in [6, 6.07) is 9.91. The van der Waals surface area contributed by atoms with Crippen molar-refractivity contribution in [3.05, 3.63) is 65.2 Å². The number of nitrogens with one attached hydrogen (secondary N) is 1. The van der Waals surface area contributed by atoms with Gasteiger partial charge < -0.3 is 10.1 Å². The van der Waals surface area contributed by atoms with Gasteiger partial charge in [0.05, 0.1) is 7.11 Å². The molecule has 5 heteroatoms. The predicted molar refractivity (Wildman–Crippen MR) is 75.4 cm³/mol. The fourth-order valence-corrected chi connectivity index (χ4v) is 1.89. The van der Waals surface area contributed by atoms with Crippen molar-refractivity contribution in [3.63, 3.8) is 0 Å². The number of rotatable bonds is 5. The van der Waals surface area contributed by atoms with Crippen molar-refractivity contribution in [2.75, 3.05) is 13.7 Å². The van der Waals surface area contributed by atoms with Crippen LogP contribution in [0.15, 0.2) is 42.5 Å². The van der Waals surface area contributed by atoms with Crippen LogP contribution >= 0.6 is 0 Å². The highest BCUT2D eigenvalue weighted by atomic mass is 19.1. The van der Waals surface area contributed by atoms with Crippen molar-refractivity contribution in [3.8, 4) is 5.75 Å². The van der Waals surface area contributed by atoms with Gasteiger partial charge in [0.25, 0.3) is 5.91 Å². The third-order valence-electron chi connectivity index (χ3n) is 3.04. The molecule has 0 saturated carbocycles. The van der Waals surface area contributed by atoms with Crippen molar-refractivity contribution >= 4 is 5.91 Å². The Morgan fingerprint density at radius 1 is 1.14 bits per heavy atom. The van der Waals surface area contributed by atoms with E-state index in [1.807, 2.05) is 0 Å². The lowest BCUT2D eigenvalue weighted by molar-refractivity contribution is 0.0954. The normalized spacial score (nSPS) is 10.2. The molecule has 2 aromatic rings. The first-order valence-corrected chi connectivity index (χ1v) is 6.46. The standard InChI is InChI=1S/C16H15F2NO2/c1-21-14-5-2-11(3-6-14)16(20)19-9-8-12-10-13(17)4-7-15(12)18/h2-7,10H,8-9H2,1H3,(H,19,20). The monoisotopic (exact) mass is 291 g/mol. The fourth-order valence-electron chi connectivity index (χ4n) is 1.89. The SMILES string of the molecule is COc1ccc(C(=O)NCCc2cc(F)ccc2F)cc1. The predicted octanol–water partition coefficient (Wildman–Crippen LogP) is 2.95. The van der Waals surface area contributed by atoms with E-state index in [0.717, 1.165) is 18.2 Å². The molecule has 0 aliphatic heterocycles. The average Bonchev–Trinajstić information content (AvgIpc) is 2.50. The molecule has 0 aliphatic rings. The highest BCUT2D eigenvalue weighted by Gasteiger charge is 2.07. The Balaban J connectivity index is 1.90. The summed E-state index contributed by atoms with van der Waals surface area (Å²) < 4.78 is 31.4. The highest BCUT2D eigenvalue weighted by Crippen LogP contribution is 2.12. The molecule has 0 heterocycles. The maximum atomic E-state index is 13.4. The van der Waals surface area contributed by atoms with Crippen molar-refractivity contribution in [1.29, 1.82) is 0 Å². The van der Waals surface area contributed by atoms with Gasteiger partial charge in [-0.25, -0.2) is 8.78 Å². The molecule has 1 amide bonds. The second kappa shape index (κ2) is 6.83. The summed E-state index contributed by atoms with van der Waals surface area (Å²) in [5.41, 5.74) is 0.723. The van der Waals surface area contributed by atoms with Crippen molar-refractivity contribution in [2.24, 2.45) is 0 Å². The first-order valence-electron chi connectivity index (χ1n) is 6.46. The third-order valence-corrected chi connectivity index (χ3v) is 3.04. The topological polar surface area (TPSA) is 38.3 Å². The Bertz CT molecular complexity index is 627. The van der Waals surface area contributed by atoms with Crippen LogP contribution < -0.4 is 10.1 Å². The summed E-state index contributed by atoms with van der Waals surface area (Å²) in [4.78, 5) is 11.9. The summed E-state index contributed by atoms with van der Waals surface area (Å²) in [5.74, 6) is -0.578. The Labute approximate surface area is 121 Å². The van der Waals surface area contributed by atoms with E-state index in [1.54, 1.807) is 31.4 Å². The zero-order valence-electron chi connectivity index (χ0n) is 11.5. The number of methoxy groups -OCH3 is 1. The van der Waals surface area contributed by atoms with E-state index in [4.69, 9.17) is 4.74 Å². The van der Waals surface area contributed by atoms with Crippen LogP contribution in [0, 0.1) is 11.6 Å². The Morgan fingerprint density at radius 2 is 1.86 bits per heavy atom. The summed E-state index contributed by atoms with van der Waals surface area (Å²) in [6.45, 7) is 0.227. The minimum atomic E-state index is -0.493. The lowest BCUT2D eigenvalue weighted by atomic mass is 10.1. The van der Waals surface area contributed by atoms with Gasteiger partial charge in [-0.2, -0.15) is 0 Å². The number of ether oxygens (including phenoxy) is 1. The molecule has 0 radical (unpaired) electrons. The molecule has 0 aliphatic carbocycles. The van der Waals surface area contributed by atoms with E-state index in [-0.39, 0.29) is 24.4 Å². The molecule has 0 atom stereocenters. The van der Waals surface area contributed by atoms with Crippen molar-refractivity contribution in [2.45, 2.75) is 6.42 Å². The van der Waals surface area contributed by atoms with Crippen LogP contribution in [0.2, 0.25) is 0 Å². The largest absolute Gasteiger partial charge is 0.497 e. The van der Waals surface area contributed by atoms with E-state index in [9.17, 15) is 13.6 Å². The summed E-state index contributed by atoms with van der Waals surface area (Å²) in [5, 5.41) is 2.66. The molecule has 0 saturated heterocycles. The molecule has 0 aromatic heterocycles. The van der Waals surface area contributed by atoms with Gasteiger partial charge in [-0.05, 0) is 54.4 Å². The van der Waals surface area contributed by atoms with Gasteiger partial charge in [0.1, 0.15) is 17.4 Å². The molecular formula is C16H15F2NO2. The first kappa shape index (κ1) is 15.0. The third kappa shape index (κ3) is 4.02. The molecule has 0 unspecified atom stereocenters. The zero-order chi connectivity index (χ0) is 15.2. The molecule has 1 N–H and O–H groups in total. The fraction of sp³-hybridized carbons (Fsp3) is 0.188. The van der Waals surface area contributed by atoms with Gasteiger partial charge in [-0.1, -0.05) is 0 Å². The molecule has 0 spiro atoms. The van der Waals surface area contributed by atoms with Crippen LogP contribution in [0.4, 0.5) is 8.78 Å². The number of carbonyl (C=O) groups is 1. The van der Waals surface area contributed by atoms with Crippen LogP contribution in [0.1, 0.15) is 15.9 Å². The summed E-state index contributed by atoms with van der Waals surface area (Å²) in [7, 11) is 1.54. The van der Waals surface area contributed by atoms with Gasteiger partial charge >= 0.3 is 0 Å².